The van der Waals surface area contributed by atoms with Crippen molar-refractivity contribution in [3.8, 4) is 0 Å². The molecule has 3 aromatic carbocycles. The van der Waals surface area contributed by atoms with Gasteiger partial charge in [0.15, 0.2) is 0 Å². The molecule has 4 N–H and O–H groups in total. The Balaban J connectivity index is 0.711. The van der Waals surface area contributed by atoms with Crippen LogP contribution in [0.1, 0.15) is 127 Å². The Morgan fingerprint density at radius 1 is 0.806 bits per heavy atom. The smallest absolute Gasteiger partial charge is 0.272 e. The van der Waals surface area contributed by atoms with Gasteiger partial charge >= 0.3 is 0 Å². The highest BCUT2D eigenvalue weighted by Crippen LogP contribution is 2.50. The maximum Gasteiger partial charge on any atom is 0.272 e. The zero-order valence-corrected chi connectivity index (χ0v) is 41.3. The molecule has 10 rings (SSSR count). The van der Waals surface area contributed by atoms with Gasteiger partial charge in [-0.05, 0) is 112 Å². The third-order valence-electron chi connectivity index (χ3n) is 15.9. The van der Waals surface area contributed by atoms with E-state index < -0.39 is 56.7 Å². The van der Waals surface area contributed by atoms with Gasteiger partial charge in [0.2, 0.25) is 21.8 Å². The number of rotatable bonds is 15. The number of hydrogen-bond donors (Lipinski definition) is 4. The normalized spacial score (nSPS) is 24.0. The summed E-state index contributed by atoms with van der Waals surface area (Å²) in [6, 6.07) is 17.6. The predicted octanol–water partition coefficient (Wildman–Crippen LogP) is 4.51. The lowest BCUT2D eigenvalue weighted by atomic mass is 9.83. The van der Waals surface area contributed by atoms with E-state index in [-0.39, 0.29) is 79.8 Å². The molecule has 2 saturated carbocycles. The summed E-state index contributed by atoms with van der Waals surface area (Å²) < 4.78 is 51.7. The maximum atomic E-state index is 15.1. The number of piperazine rings is 1. The van der Waals surface area contributed by atoms with Gasteiger partial charge in [-0.15, -0.1) is 0 Å². The Hall–Kier alpha value is -6.05. The molecule has 0 spiro atoms. The third kappa shape index (κ3) is 10.8. The van der Waals surface area contributed by atoms with E-state index in [1.54, 1.807) is 41.3 Å². The average Bonchev–Trinajstić information content (AvgIpc) is 4.11. The fourth-order valence-corrected chi connectivity index (χ4v) is 13.3. The van der Waals surface area contributed by atoms with E-state index in [0.29, 0.717) is 72.7 Å². The number of fused-ring (bicyclic) bond motifs is 3. The minimum atomic E-state index is -4.25. The molecule has 0 unspecified atom stereocenters. The summed E-state index contributed by atoms with van der Waals surface area (Å²) in [5.41, 5.74) is 0.151. The van der Waals surface area contributed by atoms with E-state index in [1.165, 1.54) is 17.0 Å². The van der Waals surface area contributed by atoms with Crippen LogP contribution in [0.25, 0.3) is 10.8 Å². The van der Waals surface area contributed by atoms with Crippen molar-refractivity contribution in [1.82, 2.24) is 40.3 Å². The van der Waals surface area contributed by atoms with Gasteiger partial charge in [0.05, 0.1) is 34.5 Å². The first-order valence-electron chi connectivity index (χ1n) is 25.7. The molecule has 17 nitrogen and oxygen atoms in total. The second-order valence-electron chi connectivity index (χ2n) is 20.9. The van der Waals surface area contributed by atoms with Crippen LogP contribution in [0.2, 0.25) is 0 Å². The molecule has 2 atom stereocenters. The summed E-state index contributed by atoms with van der Waals surface area (Å²) in [5.74, 6) is -2.86. The Kier molecular flexibility index (Phi) is 14.1. The van der Waals surface area contributed by atoms with Crippen LogP contribution < -0.4 is 20.9 Å². The van der Waals surface area contributed by atoms with E-state index >= 15 is 4.39 Å². The van der Waals surface area contributed by atoms with Crippen LogP contribution in [0.3, 0.4) is 0 Å². The van der Waals surface area contributed by atoms with Crippen molar-refractivity contribution in [3.05, 3.63) is 111 Å². The van der Waals surface area contributed by atoms with Crippen LogP contribution in [-0.4, -0.2) is 132 Å². The number of amides is 5. The Bertz CT molecular complexity index is 2920. The van der Waals surface area contributed by atoms with Crippen LogP contribution in [0.4, 0.5) is 4.39 Å². The second kappa shape index (κ2) is 20.5. The fourth-order valence-electron chi connectivity index (χ4n) is 11.8. The zero-order valence-electron chi connectivity index (χ0n) is 40.5. The molecule has 2 aliphatic carbocycles. The highest BCUT2D eigenvalue weighted by atomic mass is 32.2. The standard InChI is InChI=1S/C53H63FN8O9S/c54-43-18-15-34(29-44-40-13-4-5-14-41(40)48(65)58-57-44)28-42(43)51(68)61-26-24-60(25-27-61)45(63)31-55-53-21-19-52(71-53,20-22-53)33-72(69,70)59-49(66)46(35-8-2-1-3-9-35)56-47(64)38-11-6-10-37(30-38)39-12-7-23-62(32-39)50(67)36-16-17-36/h4-6,10-11,13-15,18,28,30,35-36,39,46,55H,1-3,7-9,12,16-17,19-27,29,31-33H2,(H,56,64)(H,58,65)(H,59,66)/t39-,46+,52?,53?/m0/s1. The van der Waals surface area contributed by atoms with E-state index in [2.05, 4.69) is 25.6 Å². The van der Waals surface area contributed by atoms with Gasteiger partial charge in [0, 0.05) is 68.5 Å². The number of H-pyrrole nitrogens is 1. The van der Waals surface area contributed by atoms with Crippen molar-refractivity contribution < 1.29 is 41.5 Å². The molecule has 2 bridgehead atoms. The second-order valence-corrected chi connectivity index (χ2v) is 22.7. The number of aromatic nitrogens is 2. The van der Waals surface area contributed by atoms with Gasteiger partial charge in [0.25, 0.3) is 23.3 Å². The topological polar surface area (TPSA) is 220 Å². The van der Waals surface area contributed by atoms with E-state index in [9.17, 15) is 37.2 Å². The number of benzene rings is 3. The minimum absolute atomic E-state index is 0.0808. The molecule has 5 heterocycles. The number of carbonyl (C=O) groups is 5. The zero-order chi connectivity index (χ0) is 50.2. The van der Waals surface area contributed by atoms with Gasteiger partial charge in [-0.1, -0.05) is 55.7 Å². The summed E-state index contributed by atoms with van der Waals surface area (Å²) in [7, 11) is -4.25. The summed E-state index contributed by atoms with van der Waals surface area (Å²) in [6.07, 6.45) is 9.72. The number of nitrogens with one attached hydrogen (secondary N) is 4. The van der Waals surface area contributed by atoms with Gasteiger partial charge in [-0.25, -0.2) is 17.9 Å². The van der Waals surface area contributed by atoms with E-state index in [0.717, 1.165) is 57.1 Å². The van der Waals surface area contributed by atoms with Crippen LogP contribution in [0.15, 0.2) is 71.5 Å². The number of sulfonamides is 1. The van der Waals surface area contributed by atoms with Crippen molar-refractivity contribution in [2.24, 2.45) is 11.8 Å². The first-order valence-corrected chi connectivity index (χ1v) is 27.3. The highest BCUT2D eigenvalue weighted by molar-refractivity contribution is 7.90. The van der Waals surface area contributed by atoms with Crippen molar-refractivity contribution >= 4 is 50.3 Å². The molecule has 6 aliphatic rings. The van der Waals surface area contributed by atoms with Crippen molar-refractivity contribution in [2.75, 3.05) is 51.6 Å². The SMILES string of the molecule is O=C(N[C@@H](C(=O)NS(=O)(=O)CC12CCC(NCC(=O)N3CCN(C(=O)c4cc(Cc5n[nH]c(=O)c6ccccc56)ccc4F)CC3)(CC1)O2)C1CCCCC1)c1cccc([C@H]2CCCN(C(=O)C3CC3)C2)c1. The lowest BCUT2D eigenvalue weighted by Crippen LogP contribution is -2.54. The molecule has 4 saturated heterocycles. The summed E-state index contributed by atoms with van der Waals surface area (Å²) >= 11 is 0. The average molecular weight is 1010 g/mol. The van der Waals surface area contributed by atoms with Gasteiger partial charge in [-0.3, -0.25) is 38.8 Å². The molecule has 4 aromatic rings. The number of halogens is 1. The summed E-state index contributed by atoms with van der Waals surface area (Å²) in [4.78, 5) is 85.3. The molecule has 5 amide bonds. The van der Waals surface area contributed by atoms with Gasteiger partial charge < -0.3 is 24.8 Å². The molecule has 0 radical (unpaired) electrons. The summed E-state index contributed by atoms with van der Waals surface area (Å²) in [6.45, 7) is 2.12. The minimum Gasteiger partial charge on any atom is -0.353 e. The van der Waals surface area contributed by atoms with Crippen LogP contribution in [0.5, 0.6) is 0 Å². The number of aromatic amines is 1. The molecule has 6 fully saturated rings. The number of hydrogen-bond acceptors (Lipinski definition) is 11. The van der Waals surface area contributed by atoms with Gasteiger partial charge in [0.1, 0.15) is 17.6 Å². The van der Waals surface area contributed by atoms with E-state index in [1.807, 2.05) is 23.1 Å². The lowest BCUT2D eigenvalue weighted by molar-refractivity contribution is -0.134. The van der Waals surface area contributed by atoms with Crippen LogP contribution >= 0.6 is 0 Å². The molecule has 19 heteroatoms. The fraction of sp³-hybridized carbons (Fsp3) is 0.528. The third-order valence-corrected chi connectivity index (χ3v) is 17.4. The number of carbonyl (C=O) groups excluding carboxylic acids is 5. The number of nitrogens with zero attached hydrogens (tertiary/aromatic N) is 4. The van der Waals surface area contributed by atoms with Gasteiger partial charge in [-0.2, -0.15) is 5.10 Å². The Morgan fingerprint density at radius 2 is 1.54 bits per heavy atom. The molecule has 72 heavy (non-hydrogen) atoms. The molecule has 4 aliphatic heterocycles. The van der Waals surface area contributed by atoms with Crippen LogP contribution in [0, 0.1) is 17.7 Å². The van der Waals surface area contributed by atoms with Crippen molar-refractivity contribution in [3.63, 3.8) is 0 Å². The first kappa shape index (κ1) is 49.5. The number of likely N-dealkylation sites (tertiary alicyclic amines) is 1. The Morgan fingerprint density at radius 3 is 2.29 bits per heavy atom. The maximum absolute atomic E-state index is 15.1. The van der Waals surface area contributed by atoms with Crippen LogP contribution in [-0.2, 0) is 35.6 Å². The quantitative estimate of drug-likeness (QED) is 0.130. The lowest BCUT2D eigenvalue weighted by Gasteiger charge is -2.36. The molecule has 382 valence electrons. The molecular formula is C53H63FN8O9S. The summed E-state index contributed by atoms with van der Waals surface area (Å²) in [5, 5.41) is 14.1. The molecule has 1 aromatic heterocycles. The first-order chi connectivity index (χ1) is 34.7. The predicted molar refractivity (Wildman–Crippen MR) is 265 cm³/mol. The van der Waals surface area contributed by atoms with E-state index in [4.69, 9.17) is 4.74 Å². The largest absolute Gasteiger partial charge is 0.353 e. The number of piperidine rings is 1. The highest BCUT2D eigenvalue weighted by Gasteiger charge is 2.57. The number of ether oxygens (including phenoxy) is 1. The Labute approximate surface area is 418 Å². The van der Waals surface area contributed by atoms with Crippen molar-refractivity contribution in [2.45, 2.75) is 113 Å². The van der Waals surface area contributed by atoms with Crippen molar-refractivity contribution in [1.29, 1.82) is 0 Å². The monoisotopic (exact) mass is 1010 g/mol. The molecular weight excluding hydrogens is 944 g/mol.